The zero-order valence-corrected chi connectivity index (χ0v) is 8.83. The van der Waals surface area contributed by atoms with Gasteiger partial charge in [-0.3, -0.25) is 4.98 Å². The maximum atomic E-state index is 8.66. The van der Waals surface area contributed by atoms with Crippen LogP contribution in [0.4, 0.5) is 0 Å². The van der Waals surface area contributed by atoms with Crippen molar-refractivity contribution < 1.29 is 5.11 Å². The second kappa shape index (κ2) is 5.08. The summed E-state index contributed by atoms with van der Waals surface area (Å²) in [6.07, 6.45) is 3.67. The van der Waals surface area contributed by atoms with Crippen LogP contribution in [0.3, 0.4) is 0 Å². The molecule has 0 unspecified atom stereocenters. The first-order chi connectivity index (χ1) is 6.67. The van der Waals surface area contributed by atoms with Gasteiger partial charge in [-0.1, -0.05) is 19.9 Å². The van der Waals surface area contributed by atoms with Gasteiger partial charge in [0.1, 0.15) is 0 Å². The number of nitrogens with one attached hydrogen (secondary N) is 1. The van der Waals surface area contributed by atoms with Gasteiger partial charge in [0, 0.05) is 30.9 Å². The fourth-order valence-electron chi connectivity index (χ4n) is 1.35. The van der Waals surface area contributed by atoms with Crippen LogP contribution < -0.4 is 5.32 Å². The summed E-state index contributed by atoms with van der Waals surface area (Å²) < 4.78 is 0. The molecule has 1 aromatic rings. The molecule has 0 saturated carbocycles. The number of aliphatic hydroxyl groups excluding tert-OH is 1. The number of aliphatic hydroxyl groups is 1. The molecule has 2 N–H and O–H groups in total. The Morgan fingerprint density at radius 2 is 2.29 bits per heavy atom. The van der Waals surface area contributed by atoms with E-state index in [0.29, 0.717) is 6.54 Å². The van der Waals surface area contributed by atoms with E-state index in [1.165, 1.54) is 5.56 Å². The van der Waals surface area contributed by atoms with Crippen LogP contribution in [0.15, 0.2) is 24.5 Å². The first-order valence-corrected chi connectivity index (χ1v) is 4.89. The fourth-order valence-corrected chi connectivity index (χ4v) is 1.35. The highest BCUT2D eigenvalue weighted by Gasteiger charge is 2.19. The normalized spacial score (nSPS) is 11.6. The zero-order valence-electron chi connectivity index (χ0n) is 8.83. The monoisotopic (exact) mass is 194 g/mol. The predicted molar refractivity (Wildman–Crippen MR) is 57.2 cm³/mol. The molecule has 0 fully saturated rings. The third-order valence-electron chi connectivity index (χ3n) is 2.30. The molecule has 0 bridgehead atoms. The summed E-state index contributed by atoms with van der Waals surface area (Å²) in [5, 5.41) is 11.9. The van der Waals surface area contributed by atoms with Crippen LogP contribution in [0.2, 0.25) is 0 Å². The molecular formula is C11H18N2O. The van der Waals surface area contributed by atoms with E-state index in [0.717, 1.165) is 6.54 Å². The summed E-state index contributed by atoms with van der Waals surface area (Å²) in [7, 11) is 0. The van der Waals surface area contributed by atoms with Crippen LogP contribution in [0.5, 0.6) is 0 Å². The van der Waals surface area contributed by atoms with Crippen LogP contribution >= 0.6 is 0 Å². The Morgan fingerprint density at radius 1 is 1.50 bits per heavy atom. The molecule has 1 heterocycles. The second-order valence-electron chi connectivity index (χ2n) is 4.03. The van der Waals surface area contributed by atoms with Gasteiger partial charge < -0.3 is 10.4 Å². The molecule has 0 spiro atoms. The Kier molecular flexibility index (Phi) is 4.04. The van der Waals surface area contributed by atoms with E-state index in [2.05, 4.69) is 30.2 Å². The highest BCUT2D eigenvalue weighted by Crippen LogP contribution is 2.20. The van der Waals surface area contributed by atoms with Crippen LogP contribution in [0, 0.1) is 0 Å². The van der Waals surface area contributed by atoms with Crippen molar-refractivity contribution in [1.29, 1.82) is 0 Å². The maximum absolute atomic E-state index is 8.66. The van der Waals surface area contributed by atoms with E-state index >= 15 is 0 Å². The van der Waals surface area contributed by atoms with Gasteiger partial charge in [-0.05, 0) is 11.6 Å². The molecule has 0 aliphatic heterocycles. The van der Waals surface area contributed by atoms with Gasteiger partial charge in [0.2, 0.25) is 0 Å². The van der Waals surface area contributed by atoms with Crippen molar-refractivity contribution in [3.8, 4) is 0 Å². The minimum absolute atomic E-state index is 0.0590. The van der Waals surface area contributed by atoms with Crippen molar-refractivity contribution in [2.75, 3.05) is 19.7 Å². The third-order valence-corrected chi connectivity index (χ3v) is 2.30. The lowest BCUT2D eigenvalue weighted by atomic mass is 9.86. The lowest BCUT2D eigenvalue weighted by Gasteiger charge is -2.25. The largest absolute Gasteiger partial charge is 0.395 e. The molecule has 0 aromatic carbocycles. The highest BCUT2D eigenvalue weighted by molar-refractivity contribution is 5.19. The first-order valence-electron chi connectivity index (χ1n) is 4.89. The Bertz CT molecular complexity index is 259. The summed E-state index contributed by atoms with van der Waals surface area (Å²) in [4.78, 5) is 4.10. The summed E-state index contributed by atoms with van der Waals surface area (Å²) in [6.45, 7) is 5.99. The Labute approximate surface area is 85.2 Å². The Hall–Kier alpha value is -0.930. The van der Waals surface area contributed by atoms with Crippen molar-refractivity contribution in [3.05, 3.63) is 30.1 Å². The van der Waals surface area contributed by atoms with Crippen LogP contribution in [0.1, 0.15) is 19.4 Å². The standard InChI is InChI=1S/C11H18N2O/c1-11(2,9-13-6-7-14)10-4-3-5-12-8-10/h3-5,8,13-14H,6-7,9H2,1-2H3. The summed E-state index contributed by atoms with van der Waals surface area (Å²) >= 11 is 0. The van der Waals surface area contributed by atoms with Crippen LogP contribution in [-0.2, 0) is 5.41 Å². The minimum Gasteiger partial charge on any atom is -0.395 e. The highest BCUT2D eigenvalue weighted by atomic mass is 16.3. The average Bonchev–Trinajstić information content (AvgIpc) is 2.19. The van der Waals surface area contributed by atoms with Crippen molar-refractivity contribution in [3.63, 3.8) is 0 Å². The van der Waals surface area contributed by atoms with E-state index in [4.69, 9.17) is 5.11 Å². The molecular weight excluding hydrogens is 176 g/mol. The first kappa shape index (κ1) is 11.1. The molecule has 0 radical (unpaired) electrons. The topological polar surface area (TPSA) is 45.1 Å². The van der Waals surface area contributed by atoms with Gasteiger partial charge in [0.15, 0.2) is 0 Å². The molecule has 0 amide bonds. The molecule has 78 valence electrons. The Morgan fingerprint density at radius 3 is 2.86 bits per heavy atom. The quantitative estimate of drug-likeness (QED) is 0.686. The van der Waals surface area contributed by atoms with E-state index in [1.807, 2.05) is 12.3 Å². The van der Waals surface area contributed by atoms with E-state index in [9.17, 15) is 0 Å². The lowest BCUT2D eigenvalue weighted by molar-refractivity contribution is 0.286. The number of rotatable bonds is 5. The van der Waals surface area contributed by atoms with Crippen LogP contribution in [0.25, 0.3) is 0 Å². The zero-order chi connectivity index (χ0) is 10.4. The van der Waals surface area contributed by atoms with E-state index < -0.39 is 0 Å². The predicted octanol–water partition coefficient (Wildman–Crippen LogP) is 0.941. The van der Waals surface area contributed by atoms with Crippen molar-refractivity contribution in [2.24, 2.45) is 0 Å². The Balaban J connectivity index is 2.56. The van der Waals surface area contributed by atoms with Gasteiger partial charge in [-0.15, -0.1) is 0 Å². The fraction of sp³-hybridized carbons (Fsp3) is 0.545. The van der Waals surface area contributed by atoms with Gasteiger partial charge >= 0.3 is 0 Å². The van der Waals surface area contributed by atoms with Crippen molar-refractivity contribution in [2.45, 2.75) is 19.3 Å². The van der Waals surface area contributed by atoms with E-state index in [-0.39, 0.29) is 12.0 Å². The third kappa shape index (κ3) is 3.09. The molecule has 0 saturated heterocycles. The number of pyridine rings is 1. The molecule has 0 aliphatic rings. The number of hydrogen-bond acceptors (Lipinski definition) is 3. The summed E-state index contributed by atoms with van der Waals surface area (Å²) in [5.41, 5.74) is 1.27. The van der Waals surface area contributed by atoms with E-state index in [1.54, 1.807) is 6.20 Å². The molecule has 3 heteroatoms. The number of nitrogens with zero attached hydrogens (tertiary/aromatic N) is 1. The van der Waals surface area contributed by atoms with Gasteiger partial charge in [0.05, 0.1) is 6.61 Å². The smallest absolute Gasteiger partial charge is 0.0555 e. The molecule has 0 aliphatic carbocycles. The maximum Gasteiger partial charge on any atom is 0.0555 e. The SMILES string of the molecule is CC(C)(CNCCO)c1cccnc1. The molecule has 1 aromatic heterocycles. The molecule has 1 rings (SSSR count). The van der Waals surface area contributed by atoms with Gasteiger partial charge in [-0.2, -0.15) is 0 Å². The van der Waals surface area contributed by atoms with Crippen molar-refractivity contribution in [1.82, 2.24) is 10.3 Å². The van der Waals surface area contributed by atoms with Gasteiger partial charge in [-0.25, -0.2) is 0 Å². The van der Waals surface area contributed by atoms with Crippen molar-refractivity contribution >= 4 is 0 Å². The summed E-state index contributed by atoms with van der Waals surface area (Å²) in [5.74, 6) is 0. The minimum atomic E-state index is 0.0590. The molecule has 14 heavy (non-hydrogen) atoms. The number of hydrogen-bond donors (Lipinski definition) is 2. The number of aromatic nitrogens is 1. The molecule has 3 nitrogen and oxygen atoms in total. The second-order valence-corrected chi connectivity index (χ2v) is 4.03. The lowest BCUT2D eigenvalue weighted by Crippen LogP contribution is -2.34. The van der Waals surface area contributed by atoms with Gasteiger partial charge in [0.25, 0.3) is 0 Å². The van der Waals surface area contributed by atoms with Crippen LogP contribution in [-0.4, -0.2) is 29.8 Å². The average molecular weight is 194 g/mol. The summed E-state index contributed by atoms with van der Waals surface area (Å²) in [6, 6.07) is 4.02. The molecule has 0 atom stereocenters.